The SMILES string of the molecule is NC(=O)C[C@@H](CNc1nc(-c2ccncc2)nc2cnccc12)Cc1ccccc1. The minimum Gasteiger partial charge on any atom is -0.370 e. The molecule has 0 saturated carbocycles. The lowest BCUT2D eigenvalue weighted by Gasteiger charge is -2.18. The van der Waals surface area contributed by atoms with Gasteiger partial charge in [-0.05, 0) is 36.1 Å². The molecular weight excluding hydrogens is 376 g/mol. The number of fused-ring (bicyclic) bond motifs is 1. The summed E-state index contributed by atoms with van der Waals surface area (Å²) >= 11 is 0. The molecule has 4 rings (SSSR count). The fourth-order valence-electron chi connectivity index (χ4n) is 3.43. The Morgan fingerprint density at radius 2 is 1.73 bits per heavy atom. The first-order valence-electron chi connectivity index (χ1n) is 9.77. The minimum absolute atomic E-state index is 0.0427. The summed E-state index contributed by atoms with van der Waals surface area (Å²) < 4.78 is 0. The number of rotatable bonds is 8. The number of hydrogen-bond donors (Lipinski definition) is 2. The van der Waals surface area contributed by atoms with Crippen LogP contribution in [0.25, 0.3) is 22.3 Å². The summed E-state index contributed by atoms with van der Waals surface area (Å²) in [6.07, 6.45) is 7.90. The normalized spacial score (nSPS) is 11.9. The number of aromatic nitrogens is 4. The third-order valence-electron chi connectivity index (χ3n) is 4.85. The van der Waals surface area contributed by atoms with Gasteiger partial charge in [0.2, 0.25) is 5.91 Å². The largest absolute Gasteiger partial charge is 0.370 e. The van der Waals surface area contributed by atoms with E-state index >= 15 is 0 Å². The Balaban J connectivity index is 1.62. The maximum Gasteiger partial charge on any atom is 0.217 e. The molecular formula is C23H22N6O. The Labute approximate surface area is 174 Å². The second-order valence-corrected chi connectivity index (χ2v) is 7.13. The van der Waals surface area contributed by atoms with Crippen LogP contribution in [0.4, 0.5) is 5.82 Å². The molecule has 0 fully saturated rings. The van der Waals surface area contributed by atoms with Crippen LogP contribution >= 0.6 is 0 Å². The number of nitrogens with two attached hydrogens (primary N) is 1. The molecule has 7 heteroatoms. The van der Waals surface area contributed by atoms with E-state index in [9.17, 15) is 4.79 Å². The number of primary amides is 1. The van der Waals surface area contributed by atoms with E-state index in [0.717, 1.165) is 22.9 Å². The van der Waals surface area contributed by atoms with E-state index in [1.54, 1.807) is 24.8 Å². The first-order chi connectivity index (χ1) is 14.7. The van der Waals surface area contributed by atoms with Gasteiger partial charge in [-0.25, -0.2) is 9.97 Å². The molecule has 0 unspecified atom stereocenters. The highest BCUT2D eigenvalue weighted by molar-refractivity contribution is 5.89. The lowest BCUT2D eigenvalue weighted by Crippen LogP contribution is -2.24. The van der Waals surface area contributed by atoms with E-state index in [1.165, 1.54) is 5.56 Å². The zero-order chi connectivity index (χ0) is 20.8. The maximum atomic E-state index is 11.6. The Hall–Kier alpha value is -3.87. The first-order valence-corrected chi connectivity index (χ1v) is 9.77. The van der Waals surface area contributed by atoms with Gasteiger partial charge in [-0.1, -0.05) is 30.3 Å². The fraction of sp³-hybridized carbons (Fsp3) is 0.174. The summed E-state index contributed by atoms with van der Waals surface area (Å²) in [6, 6.07) is 15.7. The van der Waals surface area contributed by atoms with Crippen LogP contribution in [-0.4, -0.2) is 32.4 Å². The molecule has 3 N–H and O–H groups in total. The zero-order valence-corrected chi connectivity index (χ0v) is 16.4. The molecule has 0 bridgehead atoms. The molecule has 3 heterocycles. The summed E-state index contributed by atoms with van der Waals surface area (Å²) in [7, 11) is 0. The van der Waals surface area contributed by atoms with Crippen molar-refractivity contribution in [3.63, 3.8) is 0 Å². The minimum atomic E-state index is -0.313. The number of nitrogens with zero attached hydrogens (tertiary/aromatic N) is 4. The van der Waals surface area contributed by atoms with Crippen molar-refractivity contribution in [2.24, 2.45) is 11.7 Å². The van der Waals surface area contributed by atoms with E-state index < -0.39 is 0 Å². The molecule has 0 spiro atoms. The number of carbonyl (C=O) groups is 1. The van der Waals surface area contributed by atoms with Crippen LogP contribution in [0.1, 0.15) is 12.0 Å². The molecule has 150 valence electrons. The molecule has 1 atom stereocenters. The Bertz CT molecular complexity index is 1130. The predicted octanol–water partition coefficient (Wildman–Crippen LogP) is 3.23. The van der Waals surface area contributed by atoms with Crippen LogP contribution in [0.5, 0.6) is 0 Å². The topological polar surface area (TPSA) is 107 Å². The van der Waals surface area contributed by atoms with Crippen molar-refractivity contribution in [3.8, 4) is 11.4 Å². The number of pyridine rings is 2. The number of carbonyl (C=O) groups excluding carboxylic acids is 1. The van der Waals surface area contributed by atoms with Gasteiger partial charge in [0.15, 0.2) is 5.82 Å². The second kappa shape index (κ2) is 9.09. The third kappa shape index (κ3) is 4.75. The van der Waals surface area contributed by atoms with Crippen molar-refractivity contribution >= 4 is 22.6 Å². The highest BCUT2D eigenvalue weighted by atomic mass is 16.1. The van der Waals surface area contributed by atoms with E-state index in [0.29, 0.717) is 24.6 Å². The van der Waals surface area contributed by atoms with Crippen molar-refractivity contribution < 1.29 is 4.79 Å². The molecule has 0 aliphatic rings. The summed E-state index contributed by atoms with van der Waals surface area (Å²) in [5.41, 5.74) is 8.29. The van der Waals surface area contributed by atoms with Crippen molar-refractivity contribution in [1.82, 2.24) is 19.9 Å². The average Bonchev–Trinajstić information content (AvgIpc) is 2.78. The molecule has 0 radical (unpaired) electrons. The molecule has 4 aromatic rings. The van der Waals surface area contributed by atoms with Gasteiger partial charge in [0.05, 0.1) is 11.7 Å². The van der Waals surface area contributed by atoms with Crippen LogP contribution in [-0.2, 0) is 11.2 Å². The highest BCUT2D eigenvalue weighted by Crippen LogP contribution is 2.24. The number of nitrogens with one attached hydrogen (secondary N) is 1. The summed E-state index contributed by atoms with van der Waals surface area (Å²) in [5, 5.41) is 4.30. The Kier molecular flexibility index (Phi) is 5.89. The monoisotopic (exact) mass is 398 g/mol. The van der Waals surface area contributed by atoms with Gasteiger partial charge in [0.25, 0.3) is 0 Å². The molecule has 0 saturated heterocycles. The number of anilines is 1. The van der Waals surface area contributed by atoms with Gasteiger partial charge in [0.1, 0.15) is 5.82 Å². The maximum absolute atomic E-state index is 11.6. The molecule has 7 nitrogen and oxygen atoms in total. The quantitative estimate of drug-likeness (QED) is 0.472. The lowest BCUT2D eigenvalue weighted by molar-refractivity contribution is -0.118. The van der Waals surface area contributed by atoms with Gasteiger partial charge in [-0.3, -0.25) is 14.8 Å². The van der Waals surface area contributed by atoms with E-state index in [2.05, 4.69) is 32.4 Å². The molecule has 1 amide bonds. The summed E-state index contributed by atoms with van der Waals surface area (Å²) in [6.45, 7) is 0.558. The third-order valence-corrected chi connectivity index (χ3v) is 4.85. The Morgan fingerprint density at radius 1 is 0.967 bits per heavy atom. The first kappa shape index (κ1) is 19.4. The van der Waals surface area contributed by atoms with Gasteiger partial charge < -0.3 is 11.1 Å². The number of benzene rings is 1. The average molecular weight is 398 g/mol. The molecule has 0 aliphatic carbocycles. The van der Waals surface area contributed by atoms with Crippen LogP contribution in [0, 0.1) is 5.92 Å². The standard InChI is InChI=1S/C23H22N6O/c24-21(30)13-17(12-16-4-2-1-3-5-16)14-27-23-19-8-11-26-15-20(19)28-22(29-23)18-6-9-25-10-7-18/h1-11,15,17H,12-14H2,(H2,24,30)(H,27,28,29)/t17-/m0/s1. The molecule has 30 heavy (non-hydrogen) atoms. The molecule has 1 aromatic carbocycles. The van der Waals surface area contributed by atoms with Crippen LogP contribution in [0.2, 0.25) is 0 Å². The number of amides is 1. The van der Waals surface area contributed by atoms with Crippen LogP contribution < -0.4 is 11.1 Å². The van der Waals surface area contributed by atoms with Crippen molar-refractivity contribution in [1.29, 1.82) is 0 Å². The van der Waals surface area contributed by atoms with E-state index in [1.807, 2.05) is 36.4 Å². The lowest BCUT2D eigenvalue weighted by atomic mass is 9.96. The summed E-state index contributed by atoms with van der Waals surface area (Å²) in [4.78, 5) is 29.2. The second-order valence-electron chi connectivity index (χ2n) is 7.13. The van der Waals surface area contributed by atoms with Gasteiger partial charge in [0, 0.05) is 42.5 Å². The van der Waals surface area contributed by atoms with Gasteiger partial charge >= 0.3 is 0 Å². The molecule has 3 aromatic heterocycles. The van der Waals surface area contributed by atoms with Gasteiger partial charge in [-0.2, -0.15) is 0 Å². The van der Waals surface area contributed by atoms with Crippen LogP contribution in [0.15, 0.2) is 73.3 Å². The van der Waals surface area contributed by atoms with E-state index in [-0.39, 0.29) is 11.8 Å². The van der Waals surface area contributed by atoms with Crippen molar-refractivity contribution in [2.75, 3.05) is 11.9 Å². The zero-order valence-electron chi connectivity index (χ0n) is 16.4. The van der Waals surface area contributed by atoms with Crippen LogP contribution in [0.3, 0.4) is 0 Å². The van der Waals surface area contributed by atoms with Gasteiger partial charge in [-0.15, -0.1) is 0 Å². The number of hydrogen-bond acceptors (Lipinski definition) is 6. The fourth-order valence-corrected chi connectivity index (χ4v) is 3.43. The van der Waals surface area contributed by atoms with E-state index in [4.69, 9.17) is 10.7 Å². The smallest absolute Gasteiger partial charge is 0.217 e. The highest BCUT2D eigenvalue weighted by Gasteiger charge is 2.15. The predicted molar refractivity (Wildman–Crippen MR) is 117 cm³/mol. The van der Waals surface area contributed by atoms with Crippen molar-refractivity contribution in [3.05, 3.63) is 78.9 Å². The molecule has 0 aliphatic heterocycles. The Morgan fingerprint density at radius 3 is 2.50 bits per heavy atom. The van der Waals surface area contributed by atoms with Crippen molar-refractivity contribution in [2.45, 2.75) is 12.8 Å². The summed E-state index contributed by atoms with van der Waals surface area (Å²) in [5.74, 6) is 1.03.